The minimum absolute atomic E-state index is 0.499. The van der Waals surface area contributed by atoms with E-state index >= 15 is 0 Å². The van der Waals surface area contributed by atoms with Crippen molar-refractivity contribution in [1.29, 1.82) is 0 Å². The molecule has 1 aliphatic rings. The first-order valence-corrected chi connectivity index (χ1v) is 11.3. The summed E-state index contributed by atoms with van der Waals surface area (Å²) < 4.78 is 35.3. The molecule has 1 rings (SSSR count). The van der Waals surface area contributed by atoms with E-state index in [1.54, 1.807) is 7.11 Å². The van der Waals surface area contributed by atoms with Gasteiger partial charge in [-0.05, 0) is 19.8 Å². The Hall–Kier alpha value is -0.900. The minimum Gasteiger partial charge on any atom is -0.382 e. The average molecular weight is 393 g/mol. The van der Waals surface area contributed by atoms with Crippen molar-refractivity contribution in [3.8, 4) is 0 Å². The van der Waals surface area contributed by atoms with Crippen LogP contribution in [0.5, 0.6) is 0 Å². The molecular weight excluding hydrogens is 356 g/mol. The van der Waals surface area contributed by atoms with Crippen molar-refractivity contribution in [3.05, 3.63) is 0 Å². The molecule has 1 atom stereocenters. The van der Waals surface area contributed by atoms with Gasteiger partial charge in [-0.3, -0.25) is 4.99 Å². The SMILES string of the molecule is CCNC(=NCCCN(CC)S(C)(=O)=O)N1CCC(COCCOC)C1. The molecule has 0 amide bonds. The lowest BCUT2D eigenvalue weighted by atomic mass is 10.1. The standard InChI is InChI=1S/C17H36N4O4S/c1-5-18-17(19-9-7-10-21(6-2)26(4,22)23)20-11-8-16(14-20)15-25-13-12-24-3/h16H,5-15H2,1-4H3,(H,18,19). The van der Waals surface area contributed by atoms with Crippen molar-refractivity contribution in [2.75, 3.05) is 72.5 Å². The summed E-state index contributed by atoms with van der Waals surface area (Å²) in [5.74, 6) is 1.42. The van der Waals surface area contributed by atoms with Crippen LogP contribution in [0.3, 0.4) is 0 Å². The van der Waals surface area contributed by atoms with Crippen LogP contribution >= 0.6 is 0 Å². The summed E-state index contributed by atoms with van der Waals surface area (Å²) in [6.45, 7) is 10.3. The molecule has 0 spiro atoms. The summed E-state index contributed by atoms with van der Waals surface area (Å²) in [6, 6.07) is 0. The van der Waals surface area contributed by atoms with Gasteiger partial charge in [0.2, 0.25) is 10.0 Å². The van der Waals surface area contributed by atoms with E-state index in [9.17, 15) is 8.42 Å². The summed E-state index contributed by atoms with van der Waals surface area (Å²) in [6.07, 6.45) is 3.06. The van der Waals surface area contributed by atoms with Crippen LogP contribution in [0.4, 0.5) is 0 Å². The molecule has 0 bridgehead atoms. The monoisotopic (exact) mass is 392 g/mol. The molecule has 0 aromatic carbocycles. The minimum atomic E-state index is -3.13. The summed E-state index contributed by atoms with van der Waals surface area (Å²) in [7, 11) is -1.45. The lowest BCUT2D eigenvalue weighted by Gasteiger charge is -2.22. The smallest absolute Gasteiger partial charge is 0.211 e. The zero-order valence-electron chi connectivity index (χ0n) is 16.7. The number of ether oxygens (including phenoxy) is 2. The Balaban J connectivity index is 2.43. The van der Waals surface area contributed by atoms with Crippen LogP contribution in [0.2, 0.25) is 0 Å². The maximum Gasteiger partial charge on any atom is 0.211 e. The first-order valence-electron chi connectivity index (χ1n) is 9.47. The van der Waals surface area contributed by atoms with Crippen LogP contribution in [-0.2, 0) is 19.5 Å². The van der Waals surface area contributed by atoms with E-state index < -0.39 is 10.0 Å². The van der Waals surface area contributed by atoms with Gasteiger partial charge in [-0.1, -0.05) is 6.92 Å². The number of hydrogen-bond donors (Lipinski definition) is 1. The zero-order valence-corrected chi connectivity index (χ0v) is 17.6. The molecule has 154 valence electrons. The van der Waals surface area contributed by atoms with E-state index in [2.05, 4.69) is 22.1 Å². The third-order valence-electron chi connectivity index (χ3n) is 4.35. The second kappa shape index (κ2) is 12.5. The Morgan fingerprint density at radius 3 is 2.73 bits per heavy atom. The Morgan fingerprint density at radius 2 is 2.12 bits per heavy atom. The van der Waals surface area contributed by atoms with E-state index in [0.717, 1.165) is 38.6 Å². The molecule has 0 saturated carbocycles. The highest BCUT2D eigenvalue weighted by atomic mass is 32.2. The van der Waals surface area contributed by atoms with E-state index in [4.69, 9.17) is 9.47 Å². The molecule has 8 nitrogen and oxygen atoms in total. The van der Waals surface area contributed by atoms with Gasteiger partial charge in [-0.2, -0.15) is 0 Å². The van der Waals surface area contributed by atoms with E-state index in [1.807, 2.05) is 6.92 Å². The number of hydrogen-bond acceptors (Lipinski definition) is 5. The predicted molar refractivity (Wildman–Crippen MR) is 105 cm³/mol. The number of nitrogens with one attached hydrogen (secondary N) is 1. The lowest BCUT2D eigenvalue weighted by Crippen LogP contribution is -2.40. The van der Waals surface area contributed by atoms with Gasteiger partial charge >= 0.3 is 0 Å². The van der Waals surface area contributed by atoms with Crippen LogP contribution in [0, 0.1) is 5.92 Å². The highest BCUT2D eigenvalue weighted by molar-refractivity contribution is 7.88. The second-order valence-electron chi connectivity index (χ2n) is 6.51. The third-order valence-corrected chi connectivity index (χ3v) is 5.73. The number of likely N-dealkylation sites (tertiary alicyclic amines) is 1. The van der Waals surface area contributed by atoms with Crippen LogP contribution in [0.25, 0.3) is 0 Å². The van der Waals surface area contributed by atoms with Gasteiger partial charge in [0.15, 0.2) is 5.96 Å². The summed E-state index contributed by atoms with van der Waals surface area (Å²) >= 11 is 0. The van der Waals surface area contributed by atoms with Crippen molar-refractivity contribution in [3.63, 3.8) is 0 Å². The topological polar surface area (TPSA) is 83.5 Å². The largest absolute Gasteiger partial charge is 0.382 e. The number of nitrogens with zero attached hydrogens (tertiary/aromatic N) is 3. The lowest BCUT2D eigenvalue weighted by molar-refractivity contribution is 0.0536. The van der Waals surface area contributed by atoms with Gasteiger partial charge in [-0.15, -0.1) is 0 Å². The molecular formula is C17H36N4O4S. The summed E-state index contributed by atoms with van der Waals surface area (Å²) in [5.41, 5.74) is 0. The van der Waals surface area contributed by atoms with Crippen LogP contribution in [0.15, 0.2) is 4.99 Å². The van der Waals surface area contributed by atoms with Crippen LogP contribution in [0.1, 0.15) is 26.7 Å². The normalized spacial score (nSPS) is 18.7. The molecule has 1 saturated heterocycles. The van der Waals surface area contributed by atoms with Crippen LogP contribution in [-0.4, -0.2) is 96.0 Å². The fourth-order valence-electron chi connectivity index (χ4n) is 2.97. The Kier molecular flexibility index (Phi) is 11.1. The first kappa shape index (κ1) is 23.1. The summed E-state index contributed by atoms with van der Waals surface area (Å²) in [5, 5.41) is 3.34. The predicted octanol–water partition coefficient (Wildman–Crippen LogP) is 0.608. The van der Waals surface area contributed by atoms with Crippen LogP contribution < -0.4 is 5.32 Å². The highest BCUT2D eigenvalue weighted by Crippen LogP contribution is 2.16. The first-order chi connectivity index (χ1) is 12.4. The van der Waals surface area contributed by atoms with Gasteiger partial charge < -0.3 is 19.7 Å². The molecule has 26 heavy (non-hydrogen) atoms. The number of methoxy groups -OCH3 is 1. The molecule has 1 N–H and O–H groups in total. The molecule has 0 aromatic rings. The van der Waals surface area contributed by atoms with Gasteiger partial charge in [-0.25, -0.2) is 12.7 Å². The molecule has 1 aliphatic heterocycles. The molecule has 1 fully saturated rings. The Morgan fingerprint density at radius 1 is 1.35 bits per heavy atom. The highest BCUT2D eigenvalue weighted by Gasteiger charge is 2.25. The number of rotatable bonds is 12. The molecule has 1 unspecified atom stereocenters. The number of guanidine groups is 1. The van der Waals surface area contributed by atoms with Gasteiger partial charge in [0.1, 0.15) is 0 Å². The maximum absolute atomic E-state index is 11.6. The number of aliphatic imine (C=N–C) groups is 1. The fourth-order valence-corrected chi connectivity index (χ4v) is 3.90. The Bertz CT molecular complexity index is 513. The number of sulfonamides is 1. The zero-order chi connectivity index (χ0) is 19.4. The van der Waals surface area contributed by atoms with Crippen molar-refractivity contribution >= 4 is 16.0 Å². The van der Waals surface area contributed by atoms with Crippen molar-refractivity contribution in [1.82, 2.24) is 14.5 Å². The van der Waals surface area contributed by atoms with Gasteiger partial charge in [0, 0.05) is 52.3 Å². The average Bonchev–Trinajstić information content (AvgIpc) is 3.05. The Labute approximate surface area is 159 Å². The molecule has 0 aromatic heterocycles. The van der Waals surface area contributed by atoms with E-state index in [0.29, 0.717) is 45.2 Å². The molecule has 0 aliphatic carbocycles. The second-order valence-corrected chi connectivity index (χ2v) is 8.49. The van der Waals surface area contributed by atoms with Crippen molar-refractivity contribution < 1.29 is 17.9 Å². The quantitative estimate of drug-likeness (QED) is 0.298. The van der Waals surface area contributed by atoms with E-state index in [1.165, 1.54) is 10.6 Å². The van der Waals surface area contributed by atoms with Gasteiger partial charge in [0.05, 0.1) is 26.1 Å². The molecule has 0 radical (unpaired) electrons. The van der Waals surface area contributed by atoms with Crippen molar-refractivity contribution in [2.24, 2.45) is 10.9 Å². The molecule has 9 heteroatoms. The molecule has 1 heterocycles. The van der Waals surface area contributed by atoms with Crippen molar-refractivity contribution in [2.45, 2.75) is 26.7 Å². The fraction of sp³-hybridized carbons (Fsp3) is 0.941. The van der Waals surface area contributed by atoms with Gasteiger partial charge in [0.25, 0.3) is 0 Å². The maximum atomic E-state index is 11.6. The third kappa shape index (κ3) is 8.66. The summed E-state index contributed by atoms with van der Waals surface area (Å²) in [4.78, 5) is 6.94. The van der Waals surface area contributed by atoms with E-state index in [-0.39, 0.29) is 0 Å².